The molecule has 30 heavy (non-hydrogen) atoms. The van der Waals surface area contributed by atoms with Gasteiger partial charge in [0.15, 0.2) is 0 Å². The Hall–Kier alpha value is -3.31. The number of aryl methyl sites for hydroxylation is 3. The van der Waals surface area contributed by atoms with E-state index in [1.165, 1.54) is 0 Å². The Kier molecular flexibility index (Phi) is 5.46. The molecule has 4 aromatic rings. The van der Waals surface area contributed by atoms with E-state index in [2.05, 4.69) is 10.5 Å². The third-order valence-corrected chi connectivity index (χ3v) is 5.33. The van der Waals surface area contributed by atoms with E-state index in [-0.39, 0.29) is 12.5 Å². The van der Waals surface area contributed by atoms with Gasteiger partial charge in [-0.2, -0.15) is 0 Å². The Morgan fingerprint density at radius 2 is 1.80 bits per heavy atom. The minimum atomic E-state index is -0.291. The van der Waals surface area contributed by atoms with Gasteiger partial charge in [-0.25, -0.2) is 0 Å². The number of nitrogens with zero attached hydrogens (tertiary/aromatic N) is 1. The fraction of sp³-hybridized carbons (Fsp3) is 0.167. The summed E-state index contributed by atoms with van der Waals surface area (Å²) in [5, 5.41) is 9.27. The first-order valence-corrected chi connectivity index (χ1v) is 9.95. The number of aromatic nitrogens is 1. The van der Waals surface area contributed by atoms with E-state index < -0.39 is 0 Å². The van der Waals surface area contributed by atoms with Gasteiger partial charge in [-0.15, -0.1) is 0 Å². The highest BCUT2D eigenvalue weighted by Gasteiger charge is 2.17. The summed E-state index contributed by atoms with van der Waals surface area (Å²) in [4.78, 5) is 13.1. The Balaban J connectivity index is 1.69. The van der Waals surface area contributed by atoms with Gasteiger partial charge in [0.25, 0.3) is 5.91 Å². The summed E-state index contributed by atoms with van der Waals surface area (Å²) in [7, 11) is 0. The maximum atomic E-state index is 13.1. The van der Waals surface area contributed by atoms with Crippen molar-refractivity contribution >= 4 is 34.0 Å². The fourth-order valence-corrected chi connectivity index (χ4v) is 3.57. The lowest BCUT2D eigenvalue weighted by Gasteiger charge is -2.14. The summed E-state index contributed by atoms with van der Waals surface area (Å²) in [6.07, 6.45) is 0. The van der Waals surface area contributed by atoms with E-state index in [1.807, 2.05) is 69.3 Å². The maximum Gasteiger partial charge on any atom is 0.259 e. The predicted molar refractivity (Wildman–Crippen MR) is 118 cm³/mol. The summed E-state index contributed by atoms with van der Waals surface area (Å²) in [5.74, 6) is 0.889. The van der Waals surface area contributed by atoms with E-state index in [9.17, 15) is 4.79 Å². The van der Waals surface area contributed by atoms with Crippen molar-refractivity contribution in [1.29, 1.82) is 0 Å². The first-order valence-electron chi connectivity index (χ1n) is 9.57. The average molecular weight is 421 g/mol. The second-order valence-electron chi connectivity index (χ2n) is 7.22. The number of ether oxygens (including phenoxy) is 1. The number of anilines is 1. The van der Waals surface area contributed by atoms with Crippen LogP contribution in [0.4, 0.5) is 5.69 Å². The zero-order valence-corrected chi connectivity index (χ0v) is 17.7. The summed E-state index contributed by atoms with van der Waals surface area (Å²) in [6, 6.07) is 17.0. The Morgan fingerprint density at radius 3 is 2.47 bits per heavy atom. The third-order valence-electron chi connectivity index (χ3n) is 5.02. The lowest BCUT2D eigenvalue weighted by atomic mass is 10.0. The van der Waals surface area contributed by atoms with Crippen molar-refractivity contribution in [2.45, 2.75) is 27.4 Å². The molecule has 0 bridgehead atoms. The van der Waals surface area contributed by atoms with Crippen molar-refractivity contribution in [2.24, 2.45) is 0 Å². The smallest absolute Gasteiger partial charge is 0.259 e. The predicted octanol–water partition coefficient (Wildman–Crippen LogP) is 6.24. The molecule has 1 N–H and O–H groups in total. The van der Waals surface area contributed by atoms with Crippen molar-refractivity contribution in [3.05, 3.63) is 87.8 Å². The van der Waals surface area contributed by atoms with Crippen LogP contribution in [0.25, 0.3) is 10.8 Å². The van der Waals surface area contributed by atoms with Crippen molar-refractivity contribution in [3.63, 3.8) is 0 Å². The quantitative estimate of drug-likeness (QED) is 0.415. The first-order chi connectivity index (χ1) is 14.4. The topological polar surface area (TPSA) is 64.4 Å². The number of rotatable bonds is 5. The molecule has 0 radical (unpaired) electrons. The van der Waals surface area contributed by atoms with Gasteiger partial charge in [0.2, 0.25) is 0 Å². The number of carbonyl (C=O) groups excluding carboxylic acids is 1. The van der Waals surface area contributed by atoms with Crippen molar-refractivity contribution in [2.75, 3.05) is 5.32 Å². The summed E-state index contributed by atoms with van der Waals surface area (Å²) < 4.78 is 11.3. The van der Waals surface area contributed by atoms with Crippen LogP contribution in [-0.2, 0) is 6.61 Å². The Morgan fingerprint density at radius 1 is 1.07 bits per heavy atom. The van der Waals surface area contributed by atoms with Crippen LogP contribution >= 0.6 is 11.6 Å². The van der Waals surface area contributed by atoms with Gasteiger partial charge >= 0.3 is 0 Å². The molecule has 0 saturated carbocycles. The van der Waals surface area contributed by atoms with Gasteiger partial charge in [0.1, 0.15) is 18.1 Å². The number of carbonyl (C=O) groups is 1. The van der Waals surface area contributed by atoms with Crippen LogP contribution < -0.4 is 10.1 Å². The molecule has 0 atom stereocenters. The molecule has 1 aromatic heterocycles. The zero-order chi connectivity index (χ0) is 21.3. The minimum Gasteiger partial charge on any atom is -0.488 e. The third kappa shape index (κ3) is 4.02. The molecule has 1 amide bonds. The maximum absolute atomic E-state index is 13.1. The molecule has 0 aliphatic rings. The molecule has 0 saturated heterocycles. The van der Waals surface area contributed by atoms with Gasteiger partial charge in [0, 0.05) is 0 Å². The molecule has 0 aliphatic carbocycles. The van der Waals surface area contributed by atoms with Gasteiger partial charge in [-0.1, -0.05) is 47.1 Å². The molecular weight excluding hydrogens is 400 g/mol. The van der Waals surface area contributed by atoms with Crippen LogP contribution in [0.2, 0.25) is 5.02 Å². The number of hydrogen-bond acceptors (Lipinski definition) is 4. The summed E-state index contributed by atoms with van der Waals surface area (Å²) in [5.41, 5.74) is 3.64. The monoisotopic (exact) mass is 420 g/mol. The lowest BCUT2D eigenvalue weighted by Crippen LogP contribution is -2.14. The van der Waals surface area contributed by atoms with E-state index in [4.69, 9.17) is 20.9 Å². The van der Waals surface area contributed by atoms with Crippen molar-refractivity contribution < 1.29 is 14.1 Å². The van der Waals surface area contributed by atoms with Crippen LogP contribution in [0.1, 0.15) is 32.9 Å². The van der Waals surface area contributed by atoms with E-state index >= 15 is 0 Å². The Bertz CT molecular complexity index is 1230. The second kappa shape index (κ2) is 8.20. The molecule has 0 aliphatic heterocycles. The van der Waals surface area contributed by atoms with Crippen LogP contribution in [-0.4, -0.2) is 11.1 Å². The highest BCUT2D eigenvalue weighted by Crippen LogP contribution is 2.30. The Labute approximate surface area is 179 Å². The van der Waals surface area contributed by atoms with Gasteiger partial charge in [-0.05, 0) is 61.4 Å². The number of amides is 1. The largest absolute Gasteiger partial charge is 0.488 e. The van der Waals surface area contributed by atoms with Gasteiger partial charge < -0.3 is 14.6 Å². The molecule has 6 heteroatoms. The van der Waals surface area contributed by atoms with Crippen molar-refractivity contribution in [1.82, 2.24) is 5.16 Å². The average Bonchev–Trinajstić information content (AvgIpc) is 3.05. The highest BCUT2D eigenvalue weighted by molar-refractivity contribution is 6.34. The van der Waals surface area contributed by atoms with Crippen LogP contribution in [0.5, 0.6) is 5.75 Å². The zero-order valence-electron chi connectivity index (χ0n) is 17.0. The standard InChI is InChI=1S/C24H21ClN2O3/c1-14-8-9-22(21(25)10-14)26-24(28)19-11-17-6-4-5-7-18(17)12-23(19)29-13-20-15(2)27-30-16(20)3/h4-12H,13H2,1-3H3,(H,26,28). The van der Waals surface area contributed by atoms with E-state index in [0.717, 1.165) is 27.6 Å². The number of fused-ring (bicyclic) bond motifs is 1. The number of hydrogen-bond donors (Lipinski definition) is 1. The van der Waals surface area contributed by atoms with Crippen LogP contribution in [0.15, 0.2) is 59.1 Å². The molecule has 1 heterocycles. The molecule has 3 aromatic carbocycles. The normalized spacial score (nSPS) is 10.9. The van der Waals surface area contributed by atoms with Crippen LogP contribution in [0.3, 0.4) is 0 Å². The van der Waals surface area contributed by atoms with E-state index in [0.29, 0.717) is 27.8 Å². The highest BCUT2D eigenvalue weighted by atomic mass is 35.5. The lowest BCUT2D eigenvalue weighted by molar-refractivity contribution is 0.102. The fourth-order valence-electron chi connectivity index (χ4n) is 3.29. The van der Waals surface area contributed by atoms with Gasteiger partial charge in [0.05, 0.1) is 27.5 Å². The number of benzene rings is 3. The molecule has 0 unspecified atom stereocenters. The molecule has 0 fully saturated rings. The molecular formula is C24H21ClN2O3. The van der Waals surface area contributed by atoms with E-state index in [1.54, 1.807) is 6.07 Å². The second-order valence-corrected chi connectivity index (χ2v) is 7.63. The minimum absolute atomic E-state index is 0.255. The number of nitrogens with one attached hydrogen (secondary N) is 1. The summed E-state index contributed by atoms with van der Waals surface area (Å²) in [6.45, 7) is 5.90. The number of halogens is 1. The van der Waals surface area contributed by atoms with Crippen molar-refractivity contribution in [3.8, 4) is 5.75 Å². The molecule has 0 spiro atoms. The molecule has 152 valence electrons. The first kappa shape index (κ1) is 20.0. The van der Waals surface area contributed by atoms with Crippen LogP contribution in [0, 0.1) is 20.8 Å². The molecule has 5 nitrogen and oxygen atoms in total. The summed E-state index contributed by atoms with van der Waals surface area (Å²) >= 11 is 6.30. The SMILES string of the molecule is Cc1ccc(NC(=O)c2cc3ccccc3cc2OCc2c(C)noc2C)c(Cl)c1. The molecule has 4 rings (SSSR count). The van der Waals surface area contributed by atoms with Gasteiger partial charge in [-0.3, -0.25) is 4.79 Å².